The Labute approximate surface area is 180 Å². The number of rotatable bonds is 6. The number of carbonyl (C=O) groups is 3. The number of ether oxygens (including phenoxy) is 1. The van der Waals surface area contributed by atoms with Gasteiger partial charge in [-0.1, -0.05) is 29.8 Å². The van der Waals surface area contributed by atoms with Crippen molar-refractivity contribution in [1.29, 1.82) is 0 Å². The first kappa shape index (κ1) is 21.8. The minimum atomic E-state index is -1.04. The number of nitrogens with one attached hydrogen (secondary N) is 2. The van der Waals surface area contributed by atoms with E-state index in [4.69, 9.17) is 9.15 Å². The van der Waals surface area contributed by atoms with Gasteiger partial charge < -0.3 is 19.8 Å². The highest BCUT2D eigenvalue weighted by atomic mass is 16.5. The molecule has 2 amide bonds. The smallest absolute Gasteiger partial charge is 0.341 e. The van der Waals surface area contributed by atoms with Crippen LogP contribution in [0.25, 0.3) is 0 Å². The molecule has 0 spiro atoms. The van der Waals surface area contributed by atoms with Crippen LogP contribution in [0, 0.1) is 20.8 Å². The van der Waals surface area contributed by atoms with Crippen LogP contribution >= 0.6 is 0 Å². The van der Waals surface area contributed by atoms with Gasteiger partial charge in [0, 0.05) is 5.69 Å². The Morgan fingerprint density at radius 1 is 0.935 bits per heavy atom. The van der Waals surface area contributed by atoms with Crippen molar-refractivity contribution in [3.05, 3.63) is 82.8 Å². The standard InChI is InChI=1S/C24H24N2O5/c1-14-12-15(2)21(16(3)13-14)26-22(27)17(4)31-24(29)18-8-5-6-9-19(18)25-23(28)20-10-7-11-30-20/h5-13,17H,1-4H3,(H,25,28)(H,26,27)/t17-/m1/s1. The number of hydrogen-bond donors (Lipinski definition) is 2. The van der Waals surface area contributed by atoms with E-state index in [2.05, 4.69) is 10.6 Å². The fourth-order valence-electron chi connectivity index (χ4n) is 3.24. The summed E-state index contributed by atoms with van der Waals surface area (Å²) in [6.45, 7) is 7.29. The predicted octanol–water partition coefficient (Wildman–Crippen LogP) is 4.64. The number of anilines is 2. The molecule has 1 atom stereocenters. The van der Waals surface area contributed by atoms with Gasteiger partial charge in [0.05, 0.1) is 17.5 Å². The SMILES string of the molecule is Cc1cc(C)c(NC(=O)[C@@H](C)OC(=O)c2ccccc2NC(=O)c2ccco2)c(C)c1. The van der Waals surface area contributed by atoms with Crippen molar-refractivity contribution in [2.45, 2.75) is 33.8 Å². The number of hydrogen-bond acceptors (Lipinski definition) is 5. The van der Waals surface area contributed by atoms with Gasteiger partial charge in [0.2, 0.25) is 0 Å². The molecular formula is C24H24N2O5. The van der Waals surface area contributed by atoms with Crippen LogP contribution in [0.4, 0.5) is 11.4 Å². The summed E-state index contributed by atoms with van der Waals surface area (Å²) in [5.74, 6) is -1.56. The van der Waals surface area contributed by atoms with Crippen molar-refractivity contribution in [3.8, 4) is 0 Å². The first-order valence-electron chi connectivity index (χ1n) is 9.80. The lowest BCUT2D eigenvalue weighted by molar-refractivity contribution is -0.123. The molecule has 1 aromatic heterocycles. The van der Waals surface area contributed by atoms with Gasteiger partial charge in [0.1, 0.15) is 0 Å². The van der Waals surface area contributed by atoms with Gasteiger partial charge in [-0.25, -0.2) is 4.79 Å². The first-order chi connectivity index (χ1) is 14.8. The number of esters is 1. The van der Waals surface area contributed by atoms with Crippen LogP contribution in [0.15, 0.2) is 59.2 Å². The summed E-state index contributed by atoms with van der Waals surface area (Å²) < 4.78 is 10.4. The van der Waals surface area contributed by atoms with Crippen molar-refractivity contribution in [1.82, 2.24) is 0 Å². The molecule has 0 aliphatic heterocycles. The Kier molecular flexibility index (Phi) is 6.55. The molecule has 2 N–H and O–H groups in total. The van der Waals surface area contributed by atoms with E-state index >= 15 is 0 Å². The van der Waals surface area contributed by atoms with E-state index in [-0.39, 0.29) is 17.0 Å². The number of aryl methyl sites for hydroxylation is 3. The third-order valence-corrected chi connectivity index (χ3v) is 4.72. The third-order valence-electron chi connectivity index (χ3n) is 4.72. The Morgan fingerprint density at radius 3 is 2.26 bits per heavy atom. The van der Waals surface area contributed by atoms with E-state index < -0.39 is 23.9 Å². The Balaban J connectivity index is 1.70. The van der Waals surface area contributed by atoms with E-state index in [9.17, 15) is 14.4 Å². The molecule has 0 fully saturated rings. The summed E-state index contributed by atoms with van der Waals surface area (Å²) in [6.07, 6.45) is 0.341. The van der Waals surface area contributed by atoms with Crippen molar-refractivity contribution in [2.75, 3.05) is 10.6 Å². The molecule has 3 aromatic rings. The average molecular weight is 420 g/mol. The molecule has 31 heavy (non-hydrogen) atoms. The van der Waals surface area contributed by atoms with Gasteiger partial charge in [-0.3, -0.25) is 9.59 Å². The Bertz CT molecular complexity index is 1100. The molecule has 1 heterocycles. The monoisotopic (exact) mass is 420 g/mol. The van der Waals surface area contributed by atoms with Crippen LogP contribution in [0.1, 0.15) is 44.5 Å². The lowest BCUT2D eigenvalue weighted by Crippen LogP contribution is -2.30. The molecule has 0 bridgehead atoms. The van der Waals surface area contributed by atoms with Crippen molar-refractivity contribution < 1.29 is 23.5 Å². The van der Waals surface area contributed by atoms with Gasteiger partial charge >= 0.3 is 5.97 Å². The molecule has 2 aromatic carbocycles. The zero-order chi connectivity index (χ0) is 22.5. The van der Waals surface area contributed by atoms with E-state index in [1.165, 1.54) is 25.3 Å². The molecule has 3 rings (SSSR count). The lowest BCUT2D eigenvalue weighted by Gasteiger charge is -2.17. The molecule has 0 radical (unpaired) electrons. The van der Waals surface area contributed by atoms with Crippen LogP contribution in [-0.4, -0.2) is 23.9 Å². The highest BCUT2D eigenvalue weighted by Crippen LogP contribution is 2.23. The topological polar surface area (TPSA) is 97.6 Å². The predicted molar refractivity (Wildman–Crippen MR) is 117 cm³/mol. The summed E-state index contributed by atoms with van der Waals surface area (Å²) in [6, 6.07) is 13.4. The minimum Gasteiger partial charge on any atom is -0.459 e. The van der Waals surface area contributed by atoms with Crippen LogP contribution in [-0.2, 0) is 9.53 Å². The second-order valence-corrected chi connectivity index (χ2v) is 7.29. The van der Waals surface area contributed by atoms with Crippen LogP contribution in [0.3, 0.4) is 0 Å². The zero-order valence-corrected chi connectivity index (χ0v) is 17.8. The summed E-state index contributed by atoms with van der Waals surface area (Å²) in [4.78, 5) is 37.6. The first-order valence-corrected chi connectivity index (χ1v) is 9.80. The normalized spacial score (nSPS) is 11.5. The van der Waals surface area contributed by atoms with Gasteiger partial charge in [-0.2, -0.15) is 0 Å². The van der Waals surface area contributed by atoms with Crippen LogP contribution in [0.5, 0.6) is 0 Å². The highest BCUT2D eigenvalue weighted by molar-refractivity contribution is 6.07. The fraction of sp³-hybridized carbons (Fsp3) is 0.208. The number of para-hydroxylation sites is 1. The Hall–Kier alpha value is -3.87. The molecule has 0 saturated heterocycles. The molecule has 0 aliphatic rings. The number of furan rings is 1. The van der Waals surface area contributed by atoms with E-state index in [0.29, 0.717) is 5.69 Å². The minimum absolute atomic E-state index is 0.111. The summed E-state index contributed by atoms with van der Waals surface area (Å²) in [7, 11) is 0. The Morgan fingerprint density at radius 2 is 1.61 bits per heavy atom. The molecule has 0 unspecified atom stereocenters. The molecule has 7 heteroatoms. The fourth-order valence-corrected chi connectivity index (χ4v) is 3.24. The maximum Gasteiger partial charge on any atom is 0.341 e. The van der Waals surface area contributed by atoms with E-state index in [1.807, 2.05) is 32.9 Å². The largest absolute Gasteiger partial charge is 0.459 e. The zero-order valence-electron chi connectivity index (χ0n) is 17.8. The highest BCUT2D eigenvalue weighted by Gasteiger charge is 2.23. The van der Waals surface area contributed by atoms with Crippen molar-refractivity contribution >= 4 is 29.2 Å². The quantitative estimate of drug-likeness (QED) is 0.566. The second-order valence-electron chi connectivity index (χ2n) is 7.29. The van der Waals surface area contributed by atoms with E-state index in [0.717, 1.165) is 16.7 Å². The van der Waals surface area contributed by atoms with Crippen molar-refractivity contribution in [2.24, 2.45) is 0 Å². The summed E-state index contributed by atoms with van der Waals surface area (Å²) >= 11 is 0. The van der Waals surface area contributed by atoms with Crippen LogP contribution < -0.4 is 10.6 Å². The molecule has 160 valence electrons. The number of benzene rings is 2. The summed E-state index contributed by atoms with van der Waals surface area (Å²) in [5.41, 5.74) is 4.03. The lowest BCUT2D eigenvalue weighted by atomic mass is 10.0. The number of carbonyl (C=O) groups excluding carboxylic acids is 3. The molecule has 0 aliphatic carbocycles. The van der Waals surface area contributed by atoms with Crippen molar-refractivity contribution in [3.63, 3.8) is 0 Å². The van der Waals surface area contributed by atoms with Gasteiger partial charge in [0.15, 0.2) is 11.9 Å². The van der Waals surface area contributed by atoms with E-state index in [1.54, 1.807) is 24.3 Å². The van der Waals surface area contributed by atoms with Gasteiger partial charge in [-0.05, 0) is 63.1 Å². The maximum atomic E-state index is 12.7. The molecule has 0 saturated carbocycles. The average Bonchev–Trinajstić information content (AvgIpc) is 3.25. The van der Waals surface area contributed by atoms with Gasteiger partial charge in [0.25, 0.3) is 11.8 Å². The van der Waals surface area contributed by atoms with Gasteiger partial charge in [-0.15, -0.1) is 0 Å². The summed E-state index contributed by atoms with van der Waals surface area (Å²) in [5, 5.41) is 5.45. The molecular weight excluding hydrogens is 396 g/mol. The molecule has 7 nitrogen and oxygen atoms in total. The second kappa shape index (κ2) is 9.30. The maximum absolute atomic E-state index is 12.7. The number of amides is 2. The third kappa shape index (κ3) is 5.19. The van der Waals surface area contributed by atoms with Crippen LogP contribution in [0.2, 0.25) is 0 Å².